The average molecular weight is 555 g/mol. The first-order valence-electron chi connectivity index (χ1n) is 11.1. The molecule has 0 aromatic heterocycles. The van der Waals surface area contributed by atoms with Gasteiger partial charge in [-0.15, -0.1) is 0 Å². The van der Waals surface area contributed by atoms with Gasteiger partial charge in [0.1, 0.15) is 18.5 Å². The summed E-state index contributed by atoms with van der Waals surface area (Å²) >= 11 is 1.29. The summed E-state index contributed by atoms with van der Waals surface area (Å²) in [5.41, 5.74) is 1.86. The van der Waals surface area contributed by atoms with Gasteiger partial charge in [-0.05, 0) is 11.1 Å². The van der Waals surface area contributed by atoms with Crippen molar-refractivity contribution in [3.05, 3.63) is 71.8 Å². The Morgan fingerprint density at radius 3 is 1.64 bits per heavy atom. The van der Waals surface area contributed by atoms with Crippen molar-refractivity contribution in [2.45, 2.75) is 30.6 Å². The number of ether oxygens (including phenoxy) is 2. The number of carbonyl (C=O) groups excluding carboxylic acids is 3. The maximum atomic E-state index is 11.6. The lowest BCUT2D eigenvalue weighted by molar-refractivity contribution is -0.109. The number of benzene rings is 2. The van der Waals surface area contributed by atoms with Gasteiger partial charge in [0.15, 0.2) is 5.12 Å². The summed E-state index contributed by atoms with van der Waals surface area (Å²) in [7, 11) is 1.59. The minimum atomic E-state index is -3.58. The standard InChI is InChI=1S/C13H15NO3S.C11H12ClNO4S/c1-10(15)18-12-7-14(8-12)13(16)17-9-11-5-3-2-4-6-11;12-18(15,16)10-6-13(7-10)11(14)17-8-9-4-2-1-3-5-9/h2-6,12H,7-9H2,1H3;1-5,10H,6-8H2. The minimum absolute atomic E-state index is 0.0947. The molecule has 0 atom stereocenters. The van der Waals surface area contributed by atoms with E-state index in [9.17, 15) is 22.8 Å². The van der Waals surface area contributed by atoms with Crippen molar-refractivity contribution >= 4 is 48.8 Å². The highest BCUT2D eigenvalue weighted by Crippen LogP contribution is 2.23. The summed E-state index contributed by atoms with van der Waals surface area (Å²) in [6, 6.07) is 18.8. The van der Waals surface area contributed by atoms with E-state index >= 15 is 0 Å². The first-order chi connectivity index (χ1) is 17.1. The Balaban J connectivity index is 0.000000201. The van der Waals surface area contributed by atoms with Gasteiger partial charge in [-0.3, -0.25) is 4.79 Å². The third kappa shape index (κ3) is 8.72. The molecular formula is C24H27ClN2O7S2. The highest BCUT2D eigenvalue weighted by atomic mass is 35.7. The normalized spacial score (nSPS) is 15.6. The molecule has 2 aromatic rings. The number of thioether (sulfide) groups is 1. The molecular weight excluding hydrogens is 528 g/mol. The van der Waals surface area contributed by atoms with E-state index in [4.69, 9.17) is 20.2 Å². The van der Waals surface area contributed by atoms with Gasteiger partial charge in [0.25, 0.3) is 0 Å². The van der Waals surface area contributed by atoms with Crippen LogP contribution in [0.3, 0.4) is 0 Å². The van der Waals surface area contributed by atoms with Crippen molar-refractivity contribution in [2.24, 2.45) is 0 Å². The van der Waals surface area contributed by atoms with Crippen LogP contribution in [0.1, 0.15) is 18.1 Å². The number of amides is 2. The van der Waals surface area contributed by atoms with Crippen LogP contribution in [-0.4, -0.2) is 72.2 Å². The summed E-state index contributed by atoms with van der Waals surface area (Å²) in [5, 5.41) is -0.354. The van der Waals surface area contributed by atoms with E-state index in [-0.39, 0.29) is 36.2 Å². The predicted molar refractivity (Wildman–Crippen MR) is 137 cm³/mol. The summed E-state index contributed by atoms with van der Waals surface area (Å²) in [6.45, 7) is 3.39. The van der Waals surface area contributed by atoms with Crippen molar-refractivity contribution in [1.29, 1.82) is 0 Å². The Morgan fingerprint density at radius 1 is 0.833 bits per heavy atom. The molecule has 36 heavy (non-hydrogen) atoms. The second-order valence-electron chi connectivity index (χ2n) is 8.22. The van der Waals surface area contributed by atoms with Crippen molar-refractivity contribution in [3.63, 3.8) is 0 Å². The lowest BCUT2D eigenvalue weighted by Gasteiger charge is -2.37. The van der Waals surface area contributed by atoms with Gasteiger partial charge in [0.2, 0.25) is 9.05 Å². The molecule has 4 rings (SSSR count). The van der Waals surface area contributed by atoms with Gasteiger partial charge in [-0.2, -0.15) is 0 Å². The topological polar surface area (TPSA) is 110 Å². The van der Waals surface area contributed by atoms with E-state index in [0.717, 1.165) is 11.1 Å². The zero-order valence-electron chi connectivity index (χ0n) is 19.6. The first kappa shape index (κ1) is 27.8. The van der Waals surface area contributed by atoms with Crippen molar-refractivity contribution < 1.29 is 32.3 Å². The summed E-state index contributed by atoms with van der Waals surface area (Å²) in [5.74, 6) is 0. The molecule has 0 saturated carbocycles. The number of carbonyl (C=O) groups is 3. The lowest BCUT2D eigenvalue weighted by atomic mass is 10.2. The van der Waals surface area contributed by atoms with Crippen LogP contribution in [0.15, 0.2) is 60.7 Å². The highest BCUT2D eigenvalue weighted by molar-refractivity contribution is 8.14. The van der Waals surface area contributed by atoms with Crippen LogP contribution >= 0.6 is 22.4 Å². The molecule has 12 heteroatoms. The van der Waals surface area contributed by atoms with E-state index in [2.05, 4.69) is 0 Å². The summed E-state index contributed by atoms with van der Waals surface area (Å²) < 4.78 is 32.1. The Morgan fingerprint density at radius 2 is 1.25 bits per heavy atom. The van der Waals surface area contributed by atoms with Gasteiger partial charge >= 0.3 is 12.2 Å². The first-order valence-corrected chi connectivity index (χ1v) is 14.4. The predicted octanol–water partition coefficient (Wildman–Crippen LogP) is 3.86. The molecule has 0 N–H and O–H groups in total. The molecule has 0 aliphatic carbocycles. The van der Waals surface area contributed by atoms with Crippen LogP contribution in [0.5, 0.6) is 0 Å². The molecule has 2 saturated heterocycles. The van der Waals surface area contributed by atoms with Crippen LogP contribution < -0.4 is 0 Å². The molecule has 0 bridgehead atoms. The van der Waals surface area contributed by atoms with Crippen LogP contribution in [0.2, 0.25) is 0 Å². The third-order valence-corrected chi connectivity index (χ3v) is 8.17. The van der Waals surface area contributed by atoms with E-state index in [1.54, 1.807) is 11.8 Å². The summed E-state index contributed by atoms with van der Waals surface area (Å²) in [4.78, 5) is 37.0. The largest absolute Gasteiger partial charge is 0.445 e. The van der Waals surface area contributed by atoms with Gasteiger partial charge in [0.05, 0.1) is 0 Å². The van der Waals surface area contributed by atoms with Gasteiger partial charge in [-0.25, -0.2) is 18.0 Å². The monoisotopic (exact) mass is 554 g/mol. The number of hydrogen-bond donors (Lipinski definition) is 0. The molecule has 2 fully saturated rings. The van der Waals surface area contributed by atoms with Crippen molar-refractivity contribution in [3.8, 4) is 0 Å². The molecule has 0 spiro atoms. The highest BCUT2D eigenvalue weighted by Gasteiger charge is 2.39. The van der Waals surface area contributed by atoms with Gasteiger partial charge in [-0.1, -0.05) is 72.4 Å². The Labute approximate surface area is 219 Å². The fourth-order valence-electron chi connectivity index (χ4n) is 3.28. The number of hydrogen-bond acceptors (Lipinski definition) is 8. The smallest absolute Gasteiger partial charge is 0.410 e. The zero-order valence-corrected chi connectivity index (χ0v) is 22.0. The van der Waals surface area contributed by atoms with E-state index in [1.165, 1.54) is 16.7 Å². The lowest BCUT2D eigenvalue weighted by Crippen LogP contribution is -2.55. The Kier molecular flexibility index (Phi) is 10.0. The van der Waals surface area contributed by atoms with Crippen LogP contribution in [0.25, 0.3) is 0 Å². The number of nitrogens with zero attached hydrogens (tertiary/aromatic N) is 2. The number of rotatable bonds is 6. The quantitative estimate of drug-likeness (QED) is 0.495. The fourth-order valence-corrected chi connectivity index (χ4v) is 5.32. The van der Waals surface area contributed by atoms with Crippen LogP contribution in [0.4, 0.5) is 9.59 Å². The van der Waals surface area contributed by atoms with E-state index in [0.29, 0.717) is 19.7 Å². The van der Waals surface area contributed by atoms with E-state index < -0.39 is 20.4 Å². The molecule has 2 aliphatic heterocycles. The van der Waals surface area contributed by atoms with E-state index in [1.807, 2.05) is 60.7 Å². The van der Waals surface area contributed by atoms with Crippen LogP contribution in [-0.2, 0) is 36.5 Å². The SMILES string of the molecule is CC(=O)SC1CN(C(=O)OCc2ccccc2)C1.O=C(OCc1ccccc1)N1CC(S(=O)(=O)Cl)C1. The average Bonchev–Trinajstić information content (AvgIpc) is 2.78. The Hall–Kier alpha value is -2.76. The Bertz CT molecular complexity index is 1140. The number of halogens is 1. The molecule has 9 nitrogen and oxygen atoms in total. The second kappa shape index (κ2) is 13.0. The molecule has 2 amide bonds. The molecule has 2 aliphatic rings. The number of likely N-dealkylation sites (tertiary alicyclic amines) is 2. The van der Waals surface area contributed by atoms with Crippen LogP contribution in [0, 0.1) is 0 Å². The fraction of sp³-hybridized carbons (Fsp3) is 0.375. The summed E-state index contributed by atoms with van der Waals surface area (Å²) in [6.07, 6.45) is -0.824. The molecule has 194 valence electrons. The third-order valence-electron chi connectivity index (χ3n) is 5.35. The second-order valence-corrected chi connectivity index (χ2v) is 12.6. The van der Waals surface area contributed by atoms with Crippen molar-refractivity contribution in [2.75, 3.05) is 26.2 Å². The maximum absolute atomic E-state index is 11.6. The zero-order chi connectivity index (χ0) is 26.1. The molecule has 2 aromatic carbocycles. The minimum Gasteiger partial charge on any atom is -0.445 e. The van der Waals surface area contributed by atoms with Crippen molar-refractivity contribution in [1.82, 2.24) is 9.80 Å². The molecule has 2 heterocycles. The molecule has 0 radical (unpaired) electrons. The molecule has 0 unspecified atom stereocenters. The van der Waals surface area contributed by atoms with Gasteiger partial charge in [0, 0.05) is 49.0 Å². The van der Waals surface area contributed by atoms with Gasteiger partial charge < -0.3 is 19.3 Å². The maximum Gasteiger partial charge on any atom is 0.410 e.